The Hall–Kier alpha value is -2.91. The first-order valence-corrected chi connectivity index (χ1v) is 14.9. The van der Waals surface area contributed by atoms with Crippen LogP contribution in [0.1, 0.15) is 48.0 Å². The maximum absolute atomic E-state index is 12.7. The molecule has 0 bridgehead atoms. The Labute approximate surface area is 231 Å². The number of ether oxygens (including phenoxy) is 2. The fourth-order valence-corrected chi connectivity index (χ4v) is 6.48. The molecular formula is C30H42N6O3. The standard InChI is InChI=1S/C30H42N6O3/c37-30(25-5-6-28(32-22-25)35-16-19-38-20-17-35)33-21-24-3-1-23(2-4-24)8-11-34-12-14-36(15-13-34)29-26-9-18-39-27(26)7-10-31-29/h5-7,10,22-24H,1-4,8-9,11-21H2,(H,33,37). The summed E-state index contributed by atoms with van der Waals surface area (Å²) < 4.78 is 11.1. The molecule has 9 heteroatoms. The number of carbonyl (C=O) groups is 1. The fourth-order valence-electron chi connectivity index (χ4n) is 6.48. The van der Waals surface area contributed by atoms with Crippen LogP contribution in [0.25, 0.3) is 0 Å². The molecule has 4 aliphatic rings. The lowest BCUT2D eigenvalue weighted by Gasteiger charge is -2.37. The zero-order valence-electron chi connectivity index (χ0n) is 23.0. The van der Waals surface area contributed by atoms with E-state index in [0.717, 1.165) is 95.4 Å². The minimum Gasteiger partial charge on any atom is -0.493 e. The van der Waals surface area contributed by atoms with Crippen LogP contribution in [0.2, 0.25) is 0 Å². The summed E-state index contributed by atoms with van der Waals surface area (Å²) in [5.41, 5.74) is 1.93. The molecule has 5 heterocycles. The largest absolute Gasteiger partial charge is 0.493 e. The molecule has 1 saturated carbocycles. The van der Waals surface area contributed by atoms with E-state index in [2.05, 4.69) is 30.0 Å². The van der Waals surface area contributed by atoms with Crippen molar-refractivity contribution in [2.24, 2.45) is 11.8 Å². The molecule has 3 aliphatic heterocycles. The molecule has 210 valence electrons. The van der Waals surface area contributed by atoms with E-state index in [1.807, 2.05) is 24.4 Å². The third kappa shape index (κ3) is 6.47. The predicted molar refractivity (Wildman–Crippen MR) is 152 cm³/mol. The lowest BCUT2D eigenvalue weighted by Crippen LogP contribution is -2.47. The van der Waals surface area contributed by atoms with Crippen molar-refractivity contribution in [3.05, 3.63) is 41.7 Å². The number of nitrogens with zero attached hydrogens (tertiary/aromatic N) is 5. The zero-order chi connectivity index (χ0) is 26.4. The van der Waals surface area contributed by atoms with Crippen molar-refractivity contribution in [1.82, 2.24) is 20.2 Å². The highest BCUT2D eigenvalue weighted by Gasteiger charge is 2.26. The van der Waals surface area contributed by atoms with Crippen LogP contribution >= 0.6 is 0 Å². The number of hydrogen-bond acceptors (Lipinski definition) is 8. The van der Waals surface area contributed by atoms with Gasteiger partial charge in [0.05, 0.1) is 25.4 Å². The van der Waals surface area contributed by atoms with Crippen molar-refractivity contribution in [3.8, 4) is 5.75 Å². The minimum atomic E-state index is -0.0134. The van der Waals surface area contributed by atoms with Gasteiger partial charge in [0.25, 0.3) is 5.91 Å². The second kappa shape index (κ2) is 12.5. The van der Waals surface area contributed by atoms with Gasteiger partial charge in [-0.1, -0.05) is 12.8 Å². The van der Waals surface area contributed by atoms with Crippen LogP contribution in [0.3, 0.4) is 0 Å². The van der Waals surface area contributed by atoms with E-state index >= 15 is 0 Å². The first kappa shape index (κ1) is 26.3. The van der Waals surface area contributed by atoms with Gasteiger partial charge in [-0.2, -0.15) is 0 Å². The maximum atomic E-state index is 12.7. The van der Waals surface area contributed by atoms with E-state index in [1.54, 1.807) is 6.20 Å². The fraction of sp³-hybridized carbons (Fsp3) is 0.633. The van der Waals surface area contributed by atoms with Gasteiger partial charge in [-0.15, -0.1) is 0 Å². The summed E-state index contributed by atoms with van der Waals surface area (Å²) in [6.45, 7) is 10.2. The highest BCUT2D eigenvalue weighted by Crippen LogP contribution is 2.33. The third-order valence-corrected chi connectivity index (χ3v) is 8.99. The van der Waals surface area contributed by atoms with Crippen molar-refractivity contribution < 1.29 is 14.3 Å². The monoisotopic (exact) mass is 534 g/mol. The maximum Gasteiger partial charge on any atom is 0.252 e. The van der Waals surface area contributed by atoms with Crippen LogP contribution < -0.4 is 19.9 Å². The molecule has 3 fully saturated rings. The minimum absolute atomic E-state index is 0.0134. The summed E-state index contributed by atoms with van der Waals surface area (Å²) in [6, 6.07) is 5.83. The van der Waals surface area contributed by atoms with Crippen LogP contribution in [-0.4, -0.2) is 93.0 Å². The number of pyridine rings is 2. The van der Waals surface area contributed by atoms with E-state index < -0.39 is 0 Å². The van der Waals surface area contributed by atoms with Gasteiger partial charge in [-0.05, 0) is 55.8 Å². The average molecular weight is 535 g/mol. The van der Waals surface area contributed by atoms with Crippen LogP contribution in [0, 0.1) is 11.8 Å². The van der Waals surface area contributed by atoms with Gasteiger partial charge in [0.15, 0.2) is 0 Å². The Kier molecular flexibility index (Phi) is 8.44. The molecule has 2 aromatic rings. The zero-order valence-corrected chi connectivity index (χ0v) is 23.0. The van der Waals surface area contributed by atoms with Gasteiger partial charge in [0.1, 0.15) is 17.4 Å². The van der Waals surface area contributed by atoms with Gasteiger partial charge in [-0.3, -0.25) is 9.69 Å². The molecule has 0 aromatic carbocycles. The number of carbonyl (C=O) groups excluding carboxylic acids is 1. The van der Waals surface area contributed by atoms with Crippen LogP contribution in [0.15, 0.2) is 30.6 Å². The van der Waals surface area contributed by atoms with Crippen molar-refractivity contribution >= 4 is 17.5 Å². The lowest BCUT2D eigenvalue weighted by molar-refractivity contribution is 0.0940. The molecule has 0 spiro atoms. The quantitative estimate of drug-likeness (QED) is 0.554. The summed E-state index contributed by atoms with van der Waals surface area (Å²) in [7, 11) is 0. The summed E-state index contributed by atoms with van der Waals surface area (Å²) >= 11 is 0. The molecule has 0 atom stereocenters. The molecule has 1 aliphatic carbocycles. The average Bonchev–Trinajstić information content (AvgIpc) is 3.50. The molecule has 1 amide bonds. The number of fused-ring (bicyclic) bond motifs is 1. The highest BCUT2D eigenvalue weighted by atomic mass is 16.5. The third-order valence-electron chi connectivity index (χ3n) is 8.99. The van der Waals surface area contributed by atoms with Gasteiger partial charge < -0.3 is 24.6 Å². The van der Waals surface area contributed by atoms with Gasteiger partial charge >= 0.3 is 0 Å². The van der Waals surface area contributed by atoms with Crippen molar-refractivity contribution in [2.45, 2.75) is 38.5 Å². The Morgan fingerprint density at radius 2 is 1.69 bits per heavy atom. The SMILES string of the molecule is O=C(NCC1CCC(CCN2CCN(c3nccc4c3CCO4)CC2)CC1)c1ccc(N2CCOCC2)nc1. The Balaban J connectivity index is 0.872. The molecule has 0 radical (unpaired) electrons. The number of nitrogens with one attached hydrogen (secondary N) is 1. The summed E-state index contributed by atoms with van der Waals surface area (Å²) in [5, 5.41) is 3.16. The van der Waals surface area contributed by atoms with Gasteiger partial charge in [0, 0.05) is 70.2 Å². The highest BCUT2D eigenvalue weighted by molar-refractivity contribution is 5.94. The molecule has 2 saturated heterocycles. The van der Waals surface area contributed by atoms with Crippen molar-refractivity contribution in [2.75, 3.05) is 82.0 Å². The molecule has 39 heavy (non-hydrogen) atoms. The van der Waals surface area contributed by atoms with E-state index in [9.17, 15) is 4.79 Å². The molecule has 0 unspecified atom stereocenters. The number of rotatable bonds is 8. The molecule has 9 nitrogen and oxygen atoms in total. The molecular weight excluding hydrogens is 492 g/mol. The predicted octanol–water partition coefficient (Wildman–Crippen LogP) is 3.00. The molecule has 1 N–H and O–H groups in total. The Bertz CT molecular complexity index is 1090. The number of morpholine rings is 1. The summed E-state index contributed by atoms with van der Waals surface area (Å²) in [5.74, 6) is 4.45. The number of amides is 1. The van der Waals surface area contributed by atoms with Gasteiger partial charge in [0.2, 0.25) is 0 Å². The van der Waals surface area contributed by atoms with Crippen LogP contribution in [0.5, 0.6) is 5.75 Å². The second-order valence-electron chi connectivity index (χ2n) is 11.4. The number of hydrogen-bond donors (Lipinski definition) is 1. The topological polar surface area (TPSA) is 83.1 Å². The van der Waals surface area contributed by atoms with E-state index in [4.69, 9.17) is 9.47 Å². The van der Waals surface area contributed by atoms with Crippen molar-refractivity contribution in [3.63, 3.8) is 0 Å². The van der Waals surface area contributed by atoms with E-state index in [1.165, 1.54) is 44.2 Å². The van der Waals surface area contributed by atoms with E-state index in [-0.39, 0.29) is 5.91 Å². The second-order valence-corrected chi connectivity index (χ2v) is 11.4. The van der Waals surface area contributed by atoms with Crippen LogP contribution in [0.4, 0.5) is 11.6 Å². The first-order valence-electron chi connectivity index (χ1n) is 14.9. The summed E-state index contributed by atoms with van der Waals surface area (Å²) in [6.07, 6.45) is 10.8. The summed E-state index contributed by atoms with van der Waals surface area (Å²) in [4.78, 5) is 29.1. The molecule has 6 rings (SSSR count). The van der Waals surface area contributed by atoms with E-state index in [0.29, 0.717) is 11.5 Å². The Morgan fingerprint density at radius 3 is 2.46 bits per heavy atom. The first-order chi connectivity index (χ1) is 19.2. The molecule has 2 aromatic heterocycles. The smallest absolute Gasteiger partial charge is 0.252 e. The number of piperazine rings is 1. The van der Waals surface area contributed by atoms with Gasteiger partial charge in [-0.25, -0.2) is 9.97 Å². The van der Waals surface area contributed by atoms with Crippen LogP contribution in [-0.2, 0) is 11.2 Å². The Morgan fingerprint density at radius 1 is 0.897 bits per heavy atom. The van der Waals surface area contributed by atoms with Crippen molar-refractivity contribution in [1.29, 1.82) is 0 Å². The number of aromatic nitrogens is 2. The normalized spacial score (nSPS) is 23.8. The number of anilines is 2. The lowest BCUT2D eigenvalue weighted by atomic mass is 9.80.